The largest absolute Gasteiger partial charge is 0.493 e. The highest BCUT2D eigenvalue weighted by Gasteiger charge is 2.44. The predicted molar refractivity (Wildman–Crippen MR) is 148 cm³/mol. The van der Waals surface area contributed by atoms with Crippen molar-refractivity contribution in [2.45, 2.75) is 19.8 Å². The summed E-state index contributed by atoms with van der Waals surface area (Å²) in [7, 11) is -0.479. The van der Waals surface area contributed by atoms with Gasteiger partial charge in [-0.05, 0) is 61.0 Å². The van der Waals surface area contributed by atoms with Gasteiger partial charge in [-0.3, -0.25) is 9.59 Å². The van der Waals surface area contributed by atoms with Crippen LogP contribution in [0.25, 0.3) is 0 Å². The lowest BCUT2D eigenvalue weighted by Crippen LogP contribution is -2.33. The van der Waals surface area contributed by atoms with Crippen LogP contribution in [0.1, 0.15) is 30.1 Å². The molecule has 5 heteroatoms. The lowest BCUT2D eigenvalue weighted by molar-refractivity contribution is -0.132. The smallest absolute Gasteiger partial charge is 0.308 e. The molecule has 0 atom stereocenters. The fourth-order valence-corrected chi connectivity index (χ4v) is 8.93. The van der Waals surface area contributed by atoms with Crippen molar-refractivity contribution in [3.05, 3.63) is 115 Å². The highest BCUT2D eigenvalue weighted by molar-refractivity contribution is 7.95. The van der Waals surface area contributed by atoms with Gasteiger partial charge in [-0.2, -0.15) is 0 Å². The van der Waals surface area contributed by atoms with E-state index in [-0.39, 0.29) is 5.78 Å². The number of hydrogen-bond acceptors (Lipinski definition) is 4. The van der Waals surface area contributed by atoms with E-state index in [9.17, 15) is 9.59 Å². The van der Waals surface area contributed by atoms with Gasteiger partial charge in [0.15, 0.2) is 17.3 Å². The molecule has 0 saturated carbocycles. The number of Topliss-reactive ketones (excluding diaryl/α,β-unsaturated/α-hetero) is 1. The van der Waals surface area contributed by atoms with Gasteiger partial charge in [0.05, 0.1) is 13.3 Å². The molecule has 0 spiro atoms. The second kappa shape index (κ2) is 11.8. The molecule has 0 unspecified atom stereocenters. The number of ketones is 1. The zero-order valence-electron chi connectivity index (χ0n) is 20.6. The van der Waals surface area contributed by atoms with Crippen molar-refractivity contribution in [2.75, 3.05) is 13.3 Å². The molecular weight excluding hydrogens is 467 g/mol. The third kappa shape index (κ3) is 5.56. The third-order valence-electron chi connectivity index (χ3n) is 6.23. The highest BCUT2D eigenvalue weighted by Crippen LogP contribution is 2.56. The van der Waals surface area contributed by atoms with Gasteiger partial charge in [0.25, 0.3) is 0 Å². The summed E-state index contributed by atoms with van der Waals surface area (Å²) < 4.78 is 10.5. The zero-order valence-corrected chi connectivity index (χ0v) is 21.5. The Labute approximate surface area is 213 Å². The van der Waals surface area contributed by atoms with Crippen molar-refractivity contribution in [3.63, 3.8) is 0 Å². The fourth-order valence-electron chi connectivity index (χ4n) is 4.58. The van der Waals surface area contributed by atoms with E-state index in [1.807, 2.05) is 18.2 Å². The van der Waals surface area contributed by atoms with Crippen molar-refractivity contribution in [2.24, 2.45) is 0 Å². The van der Waals surface area contributed by atoms with Gasteiger partial charge in [0, 0.05) is 18.9 Å². The van der Waals surface area contributed by atoms with Crippen LogP contribution in [0.4, 0.5) is 0 Å². The molecule has 0 aliphatic heterocycles. The lowest BCUT2D eigenvalue weighted by atomic mass is 10.1. The maximum atomic E-state index is 13.2. The van der Waals surface area contributed by atoms with Crippen LogP contribution in [0.3, 0.4) is 0 Å². The molecule has 0 radical (unpaired) electrons. The number of hydrogen-bond donors (Lipinski definition) is 0. The quantitative estimate of drug-likeness (QED) is 0.124. The molecule has 4 rings (SSSR count). The molecular formula is C31H30O4P+. The van der Waals surface area contributed by atoms with Crippen LogP contribution in [0.15, 0.2) is 109 Å². The first kappa shape index (κ1) is 25.3. The van der Waals surface area contributed by atoms with Crippen LogP contribution >= 0.6 is 7.26 Å². The van der Waals surface area contributed by atoms with Crippen LogP contribution < -0.4 is 25.4 Å². The lowest BCUT2D eigenvalue weighted by Gasteiger charge is -2.27. The van der Waals surface area contributed by atoms with Crippen LogP contribution in [-0.2, 0) is 4.79 Å². The third-order valence-corrected chi connectivity index (χ3v) is 10.8. The monoisotopic (exact) mass is 497 g/mol. The number of carbonyl (C=O) groups is 2. The molecule has 36 heavy (non-hydrogen) atoms. The fraction of sp³-hybridized carbons (Fsp3) is 0.161. The molecule has 0 heterocycles. The Hall–Kier alpha value is -3.75. The van der Waals surface area contributed by atoms with Crippen LogP contribution in [0.5, 0.6) is 11.5 Å². The van der Waals surface area contributed by atoms with E-state index in [1.54, 1.807) is 18.2 Å². The van der Waals surface area contributed by atoms with E-state index < -0.39 is 13.2 Å². The Kier molecular flexibility index (Phi) is 8.30. The number of benzene rings is 4. The minimum absolute atomic E-state index is 0.0370. The summed E-state index contributed by atoms with van der Waals surface area (Å²) in [5, 5.41) is 3.92. The van der Waals surface area contributed by atoms with Crippen molar-refractivity contribution >= 4 is 34.9 Å². The van der Waals surface area contributed by atoms with Crippen molar-refractivity contribution < 1.29 is 19.1 Å². The van der Waals surface area contributed by atoms with Crippen LogP contribution in [0.2, 0.25) is 0 Å². The molecule has 0 fully saturated rings. The van der Waals surface area contributed by atoms with Crippen LogP contribution in [0, 0.1) is 0 Å². The molecule has 182 valence electrons. The van der Waals surface area contributed by atoms with Crippen LogP contribution in [-0.4, -0.2) is 25.0 Å². The molecule has 0 N–H and O–H groups in total. The van der Waals surface area contributed by atoms with Crippen molar-refractivity contribution in [1.82, 2.24) is 0 Å². The Morgan fingerprint density at radius 1 is 0.694 bits per heavy atom. The van der Waals surface area contributed by atoms with E-state index in [4.69, 9.17) is 9.47 Å². The standard InChI is InChI=1S/C31H30O4P/c1-24(32)35-30-21-20-25(23-31(30)34-2)29(33)19-12-22-36(26-13-6-3-7-14-26,27-15-8-4-9-16-27)28-17-10-5-11-18-28/h3-11,13-18,20-21,23H,12,19,22H2,1-2H3/q+1. The average molecular weight is 498 g/mol. The summed E-state index contributed by atoms with van der Waals surface area (Å²) in [4.78, 5) is 24.5. The first-order chi connectivity index (χ1) is 17.5. The molecule has 0 aliphatic carbocycles. The Bertz CT molecular complexity index is 1210. The summed E-state index contributed by atoms with van der Waals surface area (Å²) in [6, 6.07) is 37.0. The summed E-state index contributed by atoms with van der Waals surface area (Å²) in [6.07, 6.45) is 2.02. The summed E-state index contributed by atoms with van der Waals surface area (Å²) in [6.45, 7) is 1.33. The topological polar surface area (TPSA) is 52.6 Å². The second-order valence-electron chi connectivity index (χ2n) is 8.53. The van der Waals surface area contributed by atoms with Gasteiger partial charge in [-0.25, -0.2) is 0 Å². The number of rotatable bonds is 10. The molecule has 0 saturated heterocycles. The number of methoxy groups -OCH3 is 1. The van der Waals surface area contributed by atoms with Gasteiger partial charge in [0.1, 0.15) is 23.2 Å². The van der Waals surface area contributed by atoms with Gasteiger partial charge in [-0.1, -0.05) is 54.6 Å². The van der Waals surface area contributed by atoms with E-state index in [0.29, 0.717) is 23.5 Å². The maximum absolute atomic E-state index is 13.2. The molecule has 0 amide bonds. The first-order valence-electron chi connectivity index (χ1n) is 12.0. The van der Waals surface area contributed by atoms with Crippen molar-refractivity contribution in [3.8, 4) is 11.5 Å². The predicted octanol–water partition coefficient (Wildman–Crippen LogP) is 5.58. The highest BCUT2D eigenvalue weighted by atomic mass is 31.2. The molecule has 0 aromatic heterocycles. The molecule has 0 bridgehead atoms. The minimum Gasteiger partial charge on any atom is -0.493 e. The van der Waals surface area contributed by atoms with E-state index in [0.717, 1.165) is 12.6 Å². The SMILES string of the molecule is COc1cc(C(=O)CCC[P+](c2ccccc2)(c2ccccc2)c2ccccc2)ccc1OC(C)=O. The Balaban J connectivity index is 1.64. The minimum atomic E-state index is -1.97. The second-order valence-corrected chi connectivity index (χ2v) is 12.1. The first-order valence-corrected chi connectivity index (χ1v) is 14.0. The maximum Gasteiger partial charge on any atom is 0.308 e. The number of ether oxygens (including phenoxy) is 2. The van der Waals surface area contributed by atoms with E-state index >= 15 is 0 Å². The van der Waals surface area contributed by atoms with E-state index in [2.05, 4.69) is 72.8 Å². The summed E-state index contributed by atoms with van der Waals surface area (Å²) >= 11 is 0. The average Bonchev–Trinajstić information content (AvgIpc) is 2.92. The summed E-state index contributed by atoms with van der Waals surface area (Å²) in [5.74, 6) is 0.282. The van der Waals surface area contributed by atoms with Gasteiger partial charge in [0.2, 0.25) is 0 Å². The summed E-state index contributed by atoms with van der Waals surface area (Å²) in [5.41, 5.74) is 0.547. The Morgan fingerprint density at radius 2 is 1.19 bits per heavy atom. The Morgan fingerprint density at radius 3 is 1.64 bits per heavy atom. The molecule has 4 aromatic rings. The molecule has 4 nitrogen and oxygen atoms in total. The van der Waals surface area contributed by atoms with E-state index in [1.165, 1.54) is 29.9 Å². The molecule has 0 aliphatic rings. The van der Waals surface area contributed by atoms with Gasteiger partial charge < -0.3 is 9.47 Å². The molecule has 4 aromatic carbocycles. The normalized spacial score (nSPS) is 11.1. The number of esters is 1. The van der Waals surface area contributed by atoms with Gasteiger partial charge in [-0.15, -0.1) is 0 Å². The number of carbonyl (C=O) groups excluding carboxylic acids is 2. The zero-order chi connectivity index (χ0) is 25.4. The van der Waals surface area contributed by atoms with Crippen molar-refractivity contribution in [1.29, 1.82) is 0 Å². The van der Waals surface area contributed by atoms with Gasteiger partial charge >= 0.3 is 5.97 Å².